The predicted molar refractivity (Wildman–Crippen MR) is 122 cm³/mol. The number of thiophene rings is 1. The van der Waals surface area contributed by atoms with E-state index in [9.17, 15) is 0 Å². The van der Waals surface area contributed by atoms with Crippen LogP contribution in [0.15, 0.2) is 64.8 Å². The molecule has 0 saturated heterocycles. The van der Waals surface area contributed by atoms with E-state index < -0.39 is 0 Å². The Morgan fingerprint density at radius 2 is 1.59 bits per heavy atom. The van der Waals surface area contributed by atoms with E-state index in [4.69, 9.17) is 0 Å². The molecule has 0 aliphatic heterocycles. The van der Waals surface area contributed by atoms with Crippen molar-refractivity contribution in [2.75, 3.05) is 0 Å². The normalized spacial score (nSPS) is 19.5. The van der Waals surface area contributed by atoms with Gasteiger partial charge in [-0.25, -0.2) is 0 Å². The summed E-state index contributed by atoms with van der Waals surface area (Å²) in [7, 11) is -0.367. The van der Waals surface area contributed by atoms with Gasteiger partial charge in [0.05, 0.1) is 0 Å². The molecule has 2 aromatic rings. The van der Waals surface area contributed by atoms with E-state index in [1.165, 1.54) is 55.0 Å². The van der Waals surface area contributed by atoms with Crippen LogP contribution in [0.4, 0.5) is 0 Å². The van der Waals surface area contributed by atoms with E-state index in [2.05, 4.69) is 79.0 Å². The summed E-state index contributed by atoms with van der Waals surface area (Å²) < 4.78 is 0. The van der Waals surface area contributed by atoms with Crippen LogP contribution in [0.2, 0.25) is 0 Å². The molecular formula is C25H25PS. The molecule has 1 aromatic heterocycles. The third-order valence-electron chi connectivity index (χ3n) is 5.77. The zero-order valence-electron chi connectivity index (χ0n) is 15.9. The molecule has 27 heavy (non-hydrogen) atoms. The maximum absolute atomic E-state index is 2.58. The first-order chi connectivity index (χ1) is 13.3. The van der Waals surface area contributed by atoms with Crippen LogP contribution in [-0.2, 0) is 12.8 Å². The molecule has 0 radical (unpaired) electrons. The lowest BCUT2D eigenvalue weighted by Gasteiger charge is -2.28. The van der Waals surface area contributed by atoms with Gasteiger partial charge in [-0.1, -0.05) is 60.2 Å². The molecule has 0 fully saturated rings. The van der Waals surface area contributed by atoms with E-state index in [-0.39, 0.29) is 7.92 Å². The van der Waals surface area contributed by atoms with Crippen molar-refractivity contribution in [3.63, 3.8) is 0 Å². The smallest absolute Gasteiger partial charge is 0.0130 e. The van der Waals surface area contributed by atoms with Gasteiger partial charge in [-0.2, -0.15) is 0 Å². The Labute approximate surface area is 167 Å². The second kappa shape index (κ2) is 7.38. The highest BCUT2D eigenvalue weighted by molar-refractivity contribution is 7.73. The summed E-state index contributed by atoms with van der Waals surface area (Å²) in [4.78, 5) is 3.24. The van der Waals surface area contributed by atoms with Crippen molar-refractivity contribution >= 4 is 36.7 Å². The van der Waals surface area contributed by atoms with Gasteiger partial charge in [-0.15, -0.1) is 11.3 Å². The molecule has 0 spiro atoms. The molecule has 1 aromatic carbocycles. The Balaban J connectivity index is 1.62. The van der Waals surface area contributed by atoms with Crippen LogP contribution >= 0.6 is 19.3 Å². The SMILES string of the molecule is CC1=Cc2c(sc3c2C=C([P@@](C2=CC=CCC2)c2ccccc2)CC3)CC1. The Bertz CT molecular complexity index is 985. The highest BCUT2D eigenvalue weighted by atomic mass is 32.1. The fourth-order valence-corrected chi connectivity index (χ4v) is 8.35. The van der Waals surface area contributed by atoms with Gasteiger partial charge in [-0.05, 0) is 86.5 Å². The van der Waals surface area contributed by atoms with E-state index in [1.54, 1.807) is 25.9 Å². The Morgan fingerprint density at radius 3 is 2.37 bits per heavy atom. The monoisotopic (exact) mass is 388 g/mol. The van der Waals surface area contributed by atoms with Crippen LogP contribution in [0.25, 0.3) is 12.2 Å². The van der Waals surface area contributed by atoms with Crippen molar-refractivity contribution in [2.24, 2.45) is 0 Å². The molecule has 3 aliphatic carbocycles. The number of allylic oxidation sites excluding steroid dienone is 6. The molecule has 0 saturated carbocycles. The van der Waals surface area contributed by atoms with Crippen LogP contribution in [0.1, 0.15) is 53.5 Å². The average Bonchev–Trinajstić information content (AvgIpc) is 3.07. The summed E-state index contributed by atoms with van der Waals surface area (Å²) in [6.45, 7) is 2.29. The molecule has 1 atom stereocenters. The second-order valence-corrected chi connectivity index (χ2v) is 11.2. The quantitative estimate of drug-likeness (QED) is 0.480. The minimum Gasteiger partial charge on any atom is -0.144 e. The van der Waals surface area contributed by atoms with Gasteiger partial charge in [0.1, 0.15) is 0 Å². The molecule has 0 unspecified atom stereocenters. The van der Waals surface area contributed by atoms with Crippen molar-refractivity contribution in [3.8, 4) is 0 Å². The first-order valence-corrected chi connectivity index (χ1v) is 12.2. The van der Waals surface area contributed by atoms with Crippen molar-refractivity contribution in [2.45, 2.75) is 45.4 Å². The fourth-order valence-electron chi connectivity index (χ4n) is 4.40. The summed E-state index contributed by atoms with van der Waals surface area (Å²) in [6, 6.07) is 11.2. The Hall–Kier alpha value is -1.69. The largest absolute Gasteiger partial charge is 0.144 e. The van der Waals surface area contributed by atoms with Gasteiger partial charge >= 0.3 is 0 Å². The Kier molecular flexibility index (Phi) is 4.76. The number of fused-ring (bicyclic) bond motifs is 3. The molecule has 0 nitrogen and oxygen atoms in total. The summed E-state index contributed by atoms with van der Waals surface area (Å²) in [6.07, 6.45) is 19.3. The van der Waals surface area contributed by atoms with Crippen molar-refractivity contribution in [3.05, 3.63) is 85.6 Å². The van der Waals surface area contributed by atoms with Crippen LogP contribution in [0.3, 0.4) is 0 Å². The third kappa shape index (κ3) is 3.33. The number of hydrogen-bond acceptors (Lipinski definition) is 1. The van der Waals surface area contributed by atoms with Crippen molar-refractivity contribution in [1.29, 1.82) is 0 Å². The van der Waals surface area contributed by atoms with Gasteiger partial charge in [0.2, 0.25) is 0 Å². The lowest BCUT2D eigenvalue weighted by Crippen LogP contribution is -2.07. The van der Waals surface area contributed by atoms with E-state index in [0.717, 1.165) is 0 Å². The lowest BCUT2D eigenvalue weighted by molar-refractivity contribution is 0.947. The van der Waals surface area contributed by atoms with Crippen LogP contribution in [-0.4, -0.2) is 0 Å². The molecule has 0 bridgehead atoms. The summed E-state index contributed by atoms with van der Waals surface area (Å²) in [5.41, 5.74) is 4.62. The molecule has 136 valence electrons. The molecule has 1 heterocycles. The first kappa shape index (κ1) is 17.4. The van der Waals surface area contributed by atoms with Gasteiger partial charge in [0, 0.05) is 9.75 Å². The van der Waals surface area contributed by atoms with Gasteiger partial charge in [-0.3, -0.25) is 0 Å². The number of rotatable bonds is 3. The summed E-state index contributed by atoms with van der Waals surface area (Å²) >= 11 is 2.08. The minimum atomic E-state index is -0.367. The third-order valence-corrected chi connectivity index (χ3v) is 9.80. The predicted octanol–water partition coefficient (Wildman–Crippen LogP) is 7.43. The molecule has 3 aliphatic rings. The Morgan fingerprint density at radius 1 is 0.815 bits per heavy atom. The molecule has 5 rings (SSSR count). The van der Waals surface area contributed by atoms with Crippen LogP contribution in [0, 0.1) is 0 Å². The number of hydrogen-bond donors (Lipinski definition) is 0. The zero-order valence-corrected chi connectivity index (χ0v) is 17.6. The summed E-state index contributed by atoms with van der Waals surface area (Å²) in [5.74, 6) is 0. The highest BCUT2D eigenvalue weighted by Gasteiger charge is 2.27. The minimum absolute atomic E-state index is 0.367. The zero-order chi connectivity index (χ0) is 18.2. The number of benzene rings is 1. The topological polar surface area (TPSA) is 0 Å². The van der Waals surface area contributed by atoms with Crippen molar-refractivity contribution < 1.29 is 0 Å². The second-order valence-electron chi connectivity index (χ2n) is 7.70. The molecule has 2 heteroatoms. The van der Waals surface area contributed by atoms with E-state index in [0.29, 0.717) is 0 Å². The van der Waals surface area contributed by atoms with Gasteiger partial charge in [0.15, 0.2) is 0 Å². The molecule has 0 N–H and O–H groups in total. The average molecular weight is 389 g/mol. The van der Waals surface area contributed by atoms with E-state index >= 15 is 0 Å². The lowest BCUT2D eigenvalue weighted by atomic mass is 9.94. The van der Waals surface area contributed by atoms with E-state index in [1.807, 2.05) is 0 Å². The highest BCUT2D eigenvalue weighted by Crippen LogP contribution is 2.57. The number of aryl methyl sites for hydroxylation is 2. The van der Waals surface area contributed by atoms with Crippen LogP contribution < -0.4 is 5.30 Å². The maximum Gasteiger partial charge on any atom is 0.0130 e. The molecule has 0 amide bonds. The van der Waals surface area contributed by atoms with Crippen LogP contribution in [0.5, 0.6) is 0 Å². The van der Waals surface area contributed by atoms with Crippen molar-refractivity contribution in [1.82, 2.24) is 0 Å². The van der Waals surface area contributed by atoms with Gasteiger partial charge in [0.25, 0.3) is 0 Å². The summed E-state index contributed by atoms with van der Waals surface area (Å²) in [5, 5.41) is 4.83. The maximum atomic E-state index is 2.58. The molecular weight excluding hydrogens is 363 g/mol. The first-order valence-electron chi connectivity index (χ1n) is 10.0. The van der Waals surface area contributed by atoms with Gasteiger partial charge < -0.3 is 0 Å². The fraction of sp³-hybridized carbons (Fsp3) is 0.280. The standard InChI is InChI=1S/C25H25PS/c1-18-12-14-24-22(16-18)23-17-21(13-15-25(23)27-24)26(19-8-4-2-5-9-19)20-10-6-3-7-11-20/h2-6,8-10,16-17H,7,11-15H2,1H3/t26-/m1/s1.